The standard InChI is InChI=1S/C50H60BrN5O6/c1-6-59-48(57)47-40(21-15-33-60-44-23-13-17-35-16-10-11-18-38(35)44)39-19-14-20-41(46(39)52-47)45-42(53-54(5)43(45)22-9-7-8-12-28-51)34-61-37-26-24-36(25-27-37)55-29-31-56(32-30-55)49(58)62-50(2,3)4/h10-11,13-14,16-20,23-27,52H,6-9,12,15,21-22,28-34H2,1-5H3. The molecule has 0 atom stereocenters. The fraction of sp³-hybridized carbons (Fsp3) is 0.420. The molecular weight excluding hydrogens is 846 g/mol. The second-order valence-corrected chi connectivity index (χ2v) is 17.6. The van der Waals surface area contributed by atoms with Crippen molar-refractivity contribution in [1.82, 2.24) is 19.7 Å². The molecule has 1 amide bonds. The molecule has 328 valence electrons. The predicted molar refractivity (Wildman–Crippen MR) is 251 cm³/mol. The number of halogens is 1. The van der Waals surface area contributed by atoms with Crippen molar-refractivity contribution in [3.05, 3.63) is 108 Å². The van der Waals surface area contributed by atoms with Gasteiger partial charge in [-0.25, -0.2) is 9.59 Å². The number of hydrogen-bond donors (Lipinski definition) is 1. The van der Waals surface area contributed by atoms with Crippen LogP contribution < -0.4 is 14.4 Å². The number of aromatic amines is 1. The number of ether oxygens (including phenoxy) is 4. The maximum atomic E-state index is 13.6. The molecule has 1 aliphatic rings. The first-order valence-electron chi connectivity index (χ1n) is 22.0. The van der Waals surface area contributed by atoms with Crippen molar-refractivity contribution in [2.45, 2.75) is 84.8 Å². The van der Waals surface area contributed by atoms with Crippen LogP contribution in [-0.4, -0.2) is 82.1 Å². The van der Waals surface area contributed by atoms with Crippen LogP contribution in [0.25, 0.3) is 32.8 Å². The zero-order valence-corrected chi connectivity index (χ0v) is 38.4. The number of amides is 1. The second kappa shape index (κ2) is 20.6. The summed E-state index contributed by atoms with van der Waals surface area (Å²) in [6.07, 6.45) is 6.38. The molecule has 0 saturated carbocycles. The van der Waals surface area contributed by atoms with Gasteiger partial charge in [-0.15, -0.1) is 0 Å². The van der Waals surface area contributed by atoms with Crippen LogP contribution in [0.15, 0.2) is 84.9 Å². The quantitative estimate of drug-likeness (QED) is 0.0516. The lowest BCUT2D eigenvalue weighted by atomic mass is 9.96. The van der Waals surface area contributed by atoms with E-state index in [-0.39, 0.29) is 25.3 Å². The van der Waals surface area contributed by atoms with E-state index in [4.69, 9.17) is 24.0 Å². The van der Waals surface area contributed by atoms with E-state index in [2.05, 4.69) is 74.3 Å². The summed E-state index contributed by atoms with van der Waals surface area (Å²) in [5, 5.41) is 9.28. The number of hydrogen-bond acceptors (Lipinski definition) is 8. The van der Waals surface area contributed by atoms with Gasteiger partial charge < -0.3 is 33.7 Å². The molecule has 6 aromatic rings. The Labute approximate surface area is 373 Å². The molecule has 1 N–H and O–H groups in total. The van der Waals surface area contributed by atoms with Gasteiger partial charge >= 0.3 is 12.1 Å². The fourth-order valence-corrected chi connectivity index (χ4v) is 8.71. The third kappa shape index (κ3) is 10.7. The number of rotatable bonds is 18. The van der Waals surface area contributed by atoms with Gasteiger partial charge in [-0.3, -0.25) is 4.68 Å². The van der Waals surface area contributed by atoms with Gasteiger partial charge in [-0.2, -0.15) is 5.10 Å². The molecular formula is C50H60BrN5O6. The van der Waals surface area contributed by atoms with Gasteiger partial charge in [0.05, 0.1) is 18.7 Å². The number of aromatic nitrogens is 3. The average molecular weight is 907 g/mol. The topological polar surface area (TPSA) is 111 Å². The Morgan fingerprint density at radius 1 is 0.806 bits per heavy atom. The molecule has 11 nitrogen and oxygen atoms in total. The van der Waals surface area contributed by atoms with Crippen LogP contribution in [0.4, 0.5) is 10.5 Å². The number of alkyl halides is 1. The maximum Gasteiger partial charge on any atom is 0.410 e. The van der Waals surface area contributed by atoms with Crippen molar-refractivity contribution in [2.24, 2.45) is 7.05 Å². The Bertz CT molecular complexity index is 2440. The Morgan fingerprint density at radius 2 is 1.53 bits per heavy atom. The van der Waals surface area contributed by atoms with Gasteiger partial charge in [-0.05, 0) is 101 Å². The molecule has 0 spiro atoms. The van der Waals surface area contributed by atoms with Crippen molar-refractivity contribution in [1.29, 1.82) is 0 Å². The van der Waals surface area contributed by atoms with Crippen LogP contribution in [0.5, 0.6) is 11.5 Å². The van der Waals surface area contributed by atoms with Gasteiger partial charge in [0.1, 0.15) is 35.1 Å². The summed E-state index contributed by atoms with van der Waals surface area (Å²) in [5.74, 6) is 1.23. The Hall–Kier alpha value is -5.49. The number of nitrogens with zero attached hydrogens (tertiary/aromatic N) is 4. The number of H-pyrrole nitrogens is 1. The summed E-state index contributed by atoms with van der Waals surface area (Å²) in [6.45, 7) is 11.2. The zero-order chi connectivity index (χ0) is 43.6. The van der Waals surface area contributed by atoms with Crippen molar-refractivity contribution >= 4 is 55.4 Å². The Morgan fingerprint density at radius 3 is 2.29 bits per heavy atom. The number of esters is 1. The van der Waals surface area contributed by atoms with E-state index < -0.39 is 5.60 Å². The van der Waals surface area contributed by atoms with Gasteiger partial charge in [0.25, 0.3) is 0 Å². The first-order valence-corrected chi connectivity index (χ1v) is 23.1. The third-order valence-corrected chi connectivity index (χ3v) is 11.9. The van der Waals surface area contributed by atoms with Crippen molar-refractivity contribution in [3.8, 4) is 22.6 Å². The predicted octanol–water partition coefficient (Wildman–Crippen LogP) is 11.0. The number of carbonyl (C=O) groups is 2. The van der Waals surface area contributed by atoms with Crippen LogP contribution in [0.3, 0.4) is 0 Å². The number of carbonyl (C=O) groups excluding carboxylic acids is 2. The molecule has 0 aliphatic carbocycles. The van der Waals surface area contributed by atoms with Gasteiger partial charge in [0, 0.05) is 71.8 Å². The fourth-order valence-electron chi connectivity index (χ4n) is 8.31. The summed E-state index contributed by atoms with van der Waals surface area (Å²) in [4.78, 5) is 33.8. The number of anilines is 1. The van der Waals surface area contributed by atoms with E-state index in [1.807, 2.05) is 75.8 Å². The monoisotopic (exact) mass is 905 g/mol. The van der Waals surface area contributed by atoms with Crippen LogP contribution in [-0.2, 0) is 36.0 Å². The second-order valence-electron chi connectivity index (χ2n) is 16.8. The van der Waals surface area contributed by atoms with E-state index in [0.29, 0.717) is 38.2 Å². The Balaban J connectivity index is 1.12. The highest BCUT2D eigenvalue weighted by atomic mass is 79.9. The van der Waals surface area contributed by atoms with E-state index >= 15 is 0 Å². The number of para-hydroxylation sites is 1. The molecule has 1 saturated heterocycles. The van der Waals surface area contributed by atoms with Gasteiger partial charge in [-0.1, -0.05) is 83.4 Å². The average Bonchev–Trinajstić information content (AvgIpc) is 3.80. The minimum absolute atomic E-state index is 0.265. The smallest absolute Gasteiger partial charge is 0.410 e. The molecule has 4 aromatic carbocycles. The molecule has 7 rings (SSSR count). The number of unbranched alkanes of at least 4 members (excludes halogenated alkanes) is 3. The van der Waals surface area contributed by atoms with Crippen molar-refractivity contribution in [2.75, 3.05) is 49.6 Å². The minimum atomic E-state index is -0.517. The van der Waals surface area contributed by atoms with Gasteiger partial charge in [0.2, 0.25) is 0 Å². The normalized spacial score (nSPS) is 13.2. The van der Waals surface area contributed by atoms with Crippen LogP contribution in [0.1, 0.15) is 87.2 Å². The summed E-state index contributed by atoms with van der Waals surface area (Å²) >= 11 is 3.58. The Kier molecular flexibility index (Phi) is 14.8. The third-order valence-electron chi connectivity index (χ3n) is 11.3. The highest BCUT2D eigenvalue weighted by Crippen LogP contribution is 2.38. The van der Waals surface area contributed by atoms with Crippen LogP contribution >= 0.6 is 15.9 Å². The molecule has 0 bridgehead atoms. The van der Waals surface area contributed by atoms with E-state index in [1.54, 1.807) is 4.90 Å². The lowest BCUT2D eigenvalue weighted by Gasteiger charge is -2.36. The molecule has 0 unspecified atom stereocenters. The van der Waals surface area contributed by atoms with E-state index in [1.165, 1.54) is 0 Å². The number of nitrogens with one attached hydrogen (secondary N) is 1. The summed E-state index contributed by atoms with van der Waals surface area (Å²) in [5.41, 5.74) is 6.81. The van der Waals surface area contributed by atoms with Crippen molar-refractivity contribution < 1.29 is 28.5 Å². The van der Waals surface area contributed by atoms with E-state index in [9.17, 15) is 9.59 Å². The summed E-state index contributed by atoms with van der Waals surface area (Å²) < 4.78 is 26.0. The maximum absolute atomic E-state index is 13.6. The minimum Gasteiger partial charge on any atom is -0.493 e. The highest BCUT2D eigenvalue weighted by Gasteiger charge is 2.27. The molecule has 3 heterocycles. The number of benzene rings is 4. The number of aryl methyl sites for hydroxylation is 2. The lowest BCUT2D eigenvalue weighted by molar-refractivity contribution is 0.0240. The van der Waals surface area contributed by atoms with E-state index in [0.717, 1.165) is 117 Å². The summed E-state index contributed by atoms with van der Waals surface area (Å²) in [6, 6.07) is 28.8. The summed E-state index contributed by atoms with van der Waals surface area (Å²) in [7, 11) is 2.01. The van der Waals surface area contributed by atoms with Crippen LogP contribution in [0, 0.1) is 0 Å². The molecule has 1 aliphatic heterocycles. The largest absolute Gasteiger partial charge is 0.493 e. The lowest BCUT2D eigenvalue weighted by Crippen LogP contribution is -2.50. The SMILES string of the molecule is CCOC(=O)c1[nH]c2c(-c3c(COc4ccc(N5CCN(C(=O)OC(C)(C)C)CC5)cc4)nn(C)c3CCCCCCBr)cccc2c1CCCOc1cccc2ccccc12. The molecule has 2 aromatic heterocycles. The highest BCUT2D eigenvalue weighted by molar-refractivity contribution is 9.09. The van der Waals surface area contributed by atoms with Crippen LogP contribution in [0.2, 0.25) is 0 Å². The molecule has 0 radical (unpaired) electrons. The number of fused-ring (bicyclic) bond motifs is 2. The van der Waals surface area contributed by atoms with Gasteiger partial charge in [0.15, 0.2) is 0 Å². The first kappa shape index (κ1) is 44.6. The zero-order valence-electron chi connectivity index (χ0n) is 36.8. The van der Waals surface area contributed by atoms with Crippen molar-refractivity contribution in [3.63, 3.8) is 0 Å². The first-order chi connectivity index (χ1) is 30.0. The molecule has 12 heteroatoms. The number of piperazine rings is 1. The molecule has 62 heavy (non-hydrogen) atoms. The molecule has 1 fully saturated rings.